The number of hydrogen-bond donors (Lipinski definition) is 1. The smallest absolute Gasteiger partial charge is 0.267 e. The van der Waals surface area contributed by atoms with Crippen LogP contribution in [0.2, 0.25) is 0 Å². The first-order valence-corrected chi connectivity index (χ1v) is 14.8. The molecule has 0 aromatic heterocycles. The maximum absolute atomic E-state index is 11.6. The van der Waals surface area contributed by atoms with Crippen molar-refractivity contribution in [3.63, 3.8) is 0 Å². The number of ether oxygens (including phenoxy) is 1. The van der Waals surface area contributed by atoms with Gasteiger partial charge in [0.15, 0.2) is 12.3 Å². The summed E-state index contributed by atoms with van der Waals surface area (Å²) in [7, 11) is -2.07. The van der Waals surface area contributed by atoms with Crippen molar-refractivity contribution < 1.29 is 27.1 Å². The fourth-order valence-electron chi connectivity index (χ4n) is 6.12. The fraction of sp³-hybridized carbons (Fsp3) is 0.467. The molecule has 3 aliphatic rings. The zero-order valence-electron chi connectivity index (χ0n) is 22.8. The first-order chi connectivity index (χ1) is 17.9. The van der Waals surface area contributed by atoms with Crippen LogP contribution in [0.1, 0.15) is 63.6 Å². The van der Waals surface area contributed by atoms with Crippen LogP contribution in [0.25, 0.3) is 6.08 Å². The lowest BCUT2D eigenvalue weighted by Gasteiger charge is -2.32. The normalized spacial score (nSPS) is 19.9. The predicted octanol–water partition coefficient (Wildman–Crippen LogP) is 4.94. The van der Waals surface area contributed by atoms with E-state index in [1.165, 1.54) is 28.1 Å². The van der Waals surface area contributed by atoms with E-state index in [0.29, 0.717) is 19.4 Å². The topological polar surface area (TPSA) is 86.9 Å². The molecule has 5 rings (SSSR count). The van der Waals surface area contributed by atoms with Crippen molar-refractivity contribution >= 4 is 39.1 Å². The molecule has 38 heavy (non-hydrogen) atoms. The average Bonchev–Trinajstić information content (AvgIpc) is 3.08. The molecule has 3 heterocycles. The van der Waals surface area contributed by atoms with Gasteiger partial charge in [-0.1, -0.05) is 6.07 Å². The van der Waals surface area contributed by atoms with E-state index < -0.39 is 15.4 Å². The van der Waals surface area contributed by atoms with Crippen molar-refractivity contribution in [2.24, 2.45) is 0 Å². The van der Waals surface area contributed by atoms with Gasteiger partial charge < -0.3 is 9.64 Å². The minimum absolute atomic E-state index is 0.0166. The van der Waals surface area contributed by atoms with E-state index in [-0.39, 0.29) is 17.3 Å². The number of carbonyl (C=O) groups is 1. The molecule has 0 spiro atoms. The molecule has 0 bridgehead atoms. The Hall–Kier alpha value is -2.97. The van der Waals surface area contributed by atoms with Crippen LogP contribution >= 0.6 is 0 Å². The summed E-state index contributed by atoms with van der Waals surface area (Å²) in [5.41, 5.74) is 7.99. The lowest BCUT2D eigenvalue weighted by atomic mass is 9.75. The first-order valence-electron chi connectivity index (χ1n) is 13.3. The highest BCUT2D eigenvalue weighted by atomic mass is 32.2. The second-order valence-electron chi connectivity index (χ2n) is 11.5. The standard InChI is InChI=1S/C30H36N2O5S/c1-19(33)18-31(5)23-11-10-22-16-24-27(37-28(22)17-23)13-14-32-26-12-9-21(8-6-7-20(2)38(34,35)36)15-25(26)30(3,4)29(24)32/h9-12,15-17,20,27H,6-8,13-14,18H2,1-5H3/p+1. The highest BCUT2D eigenvalue weighted by molar-refractivity contribution is 7.86. The van der Waals surface area contributed by atoms with Crippen molar-refractivity contribution in [2.45, 2.75) is 70.1 Å². The Bertz CT molecular complexity index is 1470. The summed E-state index contributed by atoms with van der Waals surface area (Å²) in [5.74, 6) is 0.978. The molecule has 0 radical (unpaired) electrons. The maximum atomic E-state index is 11.6. The predicted molar refractivity (Wildman–Crippen MR) is 151 cm³/mol. The summed E-state index contributed by atoms with van der Waals surface area (Å²) in [6, 6.07) is 12.8. The number of likely N-dealkylation sites (N-methyl/N-ethyl adjacent to an activating group) is 1. The van der Waals surface area contributed by atoms with E-state index in [0.717, 1.165) is 36.4 Å². The quantitative estimate of drug-likeness (QED) is 0.379. The summed E-state index contributed by atoms with van der Waals surface area (Å²) in [6.07, 6.45) is 5.03. The zero-order valence-corrected chi connectivity index (χ0v) is 23.6. The van der Waals surface area contributed by atoms with E-state index in [2.05, 4.69) is 48.8 Å². The third-order valence-electron chi connectivity index (χ3n) is 8.18. The Labute approximate surface area is 225 Å². The van der Waals surface area contributed by atoms with Gasteiger partial charge in [-0.25, -0.2) is 0 Å². The number of fused-ring (bicyclic) bond motifs is 5. The van der Waals surface area contributed by atoms with Gasteiger partial charge in [-0.2, -0.15) is 13.0 Å². The third-order valence-corrected chi connectivity index (χ3v) is 9.44. The summed E-state index contributed by atoms with van der Waals surface area (Å²) in [4.78, 5) is 13.5. The van der Waals surface area contributed by atoms with Crippen LogP contribution in [0.5, 0.6) is 5.75 Å². The molecule has 2 unspecified atom stereocenters. The molecular weight excluding hydrogens is 500 g/mol. The van der Waals surface area contributed by atoms with E-state index in [9.17, 15) is 17.8 Å². The lowest BCUT2D eigenvalue weighted by molar-refractivity contribution is -0.444. The summed E-state index contributed by atoms with van der Waals surface area (Å²) in [5, 5.41) is -0.749. The Balaban J connectivity index is 1.41. The Morgan fingerprint density at radius 2 is 2.00 bits per heavy atom. The Kier molecular flexibility index (Phi) is 6.76. The summed E-state index contributed by atoms with van der Waals surface area (Å²) in [6.45, 7) is 8.92. The number of Topliss-reactive ketones (excluding diaryl/α,β-unsaturated/α-hetero) is 1. The van der Waals surface area contributed by atoms with Gasteiger partial charge in [0.2, 0.25) is 5.69 Å². The van der Waals surface area contributed by atoms with Gasteiger partial charge >= 0.3 is 0 Å². The molecule has 0 saturated carbocycles. The number of anilines is 1. The number of carbonyl (C=O) groups excluding carboxylic acids is 1. The van der Waals surface area contributed by atoms with Crippen LogP contribution in [-0.2, 0) is 26.7 Å². The van der Waals surface area contributed by atoms with E-state index in [1.54, 1.807) is 13.8 Å². The second-order valence-corrected chi connectivity index (χ2v) is 13.3. The molecule has 0 amide bonds. The third kappa shape index (κ3) is 4.80. The van der Waals surface area contributed by atoms with Crippen molar-refractivity contribution in [1.82, 2.24) is 0 Å². The molecule has 202 valence electrons. The van der Waals surface area contributed by atoms with E-state index >= 15 is 0 Å². The number of aryl methyl sites for hydroxylation is 1. The van der Waals surface area contributed by atoms with Crippen molar-refractivity contribution in [3.05, 3.63) is 58.7 Å². The Morgan fingerprint density at radius 3 is 2.71 bits per heavy atom. The van der Waals surface area contributed by atoms with Crippen LogP contribution in [0.15, 0.2) is 42.0 Å². The first kappa shape index (κ1) is 26.6. The van der Waals surface area contributed by atoms with Crippen LogP contribution in [0.3, 0.4) is 0 Å². The Morgan fingerprint density at radius 1 is 1.24 bits per heavy atom. The molecule has 3 aliphatic heterocycles. The minimum atomic E-state index is -3.99. The van der Waals surface area contributed by atoms with E-state index in [1.807, 2.05) is 24.1 Å². The second kappa shape index (κ2) is 9.65. The molecule has 7 nitrogen and oxygen atoms in total. The largest absolute Gasteiger partial charge is 0.485 e. The van der Waals surface area contributed by atoms with Gasteiger partial charge in [0.25, 0.3) is 10.1 Å². The van der Waals surface area contributed by atoms with Crippen LogP contribution in [0.4, 0.5) is 11.4 Å². The molecule has 8 heteroatoms. The maximum Gasteiger partial charge on any atom is 0.267 e. The highest BCUT2D eigenvalue weighted by Crippen LogP contribution is 2.47. The monoisotopic (exact) mass is 537 g/mol. The molecule has 2 atom stereocenters. The van der Waals surface area contributed by atoms with Gasteiger partial charge in [-0.3, -0.25) is 9.35 Å². The van der Waals surface area contributed by atoms with Gasteiger partial charge in [0.05, 0.1) is 22.8 Å². The summed E-state index contributed by atoms with van der Waals surface area (Å²) >= 11 is 0. The zero-order chi connectivity index (χ0) is 27.4. The molecular formula is C30H37N2O5S+. The number of rotatable bonds is 8. The molecule has 0 aliphatic carbocycles. The molecule has 2 aromatic rings. The number of ketones is 1. The van der Waals surface area contributed by atoms with Crippen molar-refractivity contribution in [3.8, 4) is 5.75 Å². The van der Waals surface area contributed by atoms with Crippen LogP contribution in [-0.4, -0.2) is 60.5 Å². The number of nitrogens with zero attached hydrogens (tertiary/aromatic N) is 2. The van der Waals surface area contributed by atoms with Crippen molar-refractivity contribution in [2.75, 3.05) is 25.0 Å². The number of benzene rings is 2. The molecule has 0 fully saturated rings. The number of hydrogen-bond acceptors (Lipinski definition) is 5. The van der Waals surface area contributed by atoms with Crippen LogP contribution in [0, 0.1) is 0 Å². The summed E-state index contributed by atoms with van der Waals surface area (Å²) < 4.78 is 41.0. The SMILES string of the molecule is CC(=O)CN(C)c1ccc2c(c1)OC1CC[N+]3=C(C1=C2)C(C)(C)c1cc(CCCC(C)S(=O)(=O)O)ccc13. The molecule has 0 saturated heterocycles. The molecule has 2 aromatic carbocycles. The minimum Gasteiger partial charge on any atom is -0.485 e. The fourth-order valence-corrected chi connectivity index (χ4v) is 6.58. The van der Waals surface area contributed by atoms with Gasteiger partial charge in [0.1, 0.15) is 17.6 Å². The van der Waals surface area contributed by atoms with Gasteiger partial charge in [-0.05, 0) is 76.8 Å². The van der Waals surface area contributed by atoms with E-state index in [4.69, 9.17) is 4.74 Å². The lowest BCUT2D eigenvalue weighted by Crippen LogP contribution is -2.42. The van der Waals surface area contributed by atoms with Crippen molar-refractivity contribution in [1.29, 1.82) is 0 Å². The van der Waals surface area contributed by atoms with Gasteiger partial charge in [-0.15, -0.1) is 0 Å². The highest BCUT2D eigenvalue weighted by Gasteiger charge is 2.52. The average molecular weight is 538 g/mol. The van der Waals surface area contributed by atoms with Crippen LogP contribution < -0.4 is 9.64 Å². The van der Waals surface area contributed by atoms with Gasteiger partial charge in [0, 0.05) is 42.4 Å². The molecule has 1 N–H and O–H groups in total.